The topological polar surface area (TPSA) is 39.2 Å². The lowest BCUT2D eigenvalue weighted by atomic mass is 10.1. The molecule has 0 bridgehead atoms. The number of thiazole rings is 1. The molecule has 0 aliphatic heterocycles. The molecule has 0 aliphatic rings. The lowest BCUT2D eigenvalue weighted by Gasteiger charge is -2.01. The average Bonchev–Trinajstić information content (AvgIpc) is 2.82. The fraction of sp³-hybridized carbons (Fsp3) is 0.231. The van der Waals surface area contributed by atoms with Crippen molar-refractivity contribution in [3.05, 3.63) is 50.7 Å². The molecule has 1 aromatic heterocycles. The Morgan fingerprint density at radius 1 is 1.53 bits per heavy atom. The summed E-state index contributed by atoms with van der Waals surface area (Å²) < 4.78 is 18.3. The molecule has 3 nitrogen and oxygen atoms in total. The number of benzene rings is 1. The normalized spacial score (nSPS) is 10.5. The van der Waals surface area contributed by atoms with Gasteiger partial charge in [0.05, 0.1) is 29.3 Å². The molecule has 0 N–H and O–H groups in total. The van der Waals surface area contributed by atoms with Crippen LogP contribution in [0.5, 0.6) is 0 Å². The van der Waals surface area contributed by atoms with Crippen molar-refractivity contribution in [1.29, 1.82) is 0 Å². The van der Waals surface area contributed by atoms with E-state index in [0.29, 0.717) is 17.7 Å². The third-order valence-electron chi connectivity index (χ3n) is 2.53. The van der Waals surface area contributed by atoms with E-state index in [1.165, 1.54) is 24.5 Å². The number of ether oxygens (including phenoxy) is 1. The van der Waals surface area contributed by atoms with Gasteiger partial charge in [-0.3, -0.25) is 4.79 Å². The summed E-state index contributed by atoms with van der Waals surface area (Å²) in [5.74, 6) is -0.764. The van der Waals surface area contributed by atoms with Crippen molar-refractivity contribution in [3.63, 3.8) is 0 Å². The molecule has 0 atom stereocenters. The van der Waals surface area contributed by atoms with E-state index in [-0.39, 0.29) is 17.4 Å². The largest absolute Gasteiger partial charge is 0.469 e. The number of carbonyl (C=O) groups excluding carboxylic acids is 1. The molecule has 0 saturated carbocycles. The minimum Gasteiger partial charge on any atom is -0.469 e. The van der Waals surface area contributed by atoms with Crippen LogP contribution in [0.25, 0.3) is 0 Å². The molecule has 0 fully saturated rings. The van der Waals surface area contributed by atoms with E-state index in [9.17, 15) is 9.18 Å². The van der Waals surface area contributed by atoms with Crippen LogP contribution in [0, 0.1) is 5.82 Å². The molecule has 0 aliphatic carbocycles. The molecule has 2 rings (SSSR count). The Hall–Kier alpha value is -1.46. The van der Waals surface area contributed by atoms with Crippen molar-refractivity contribution in [2.45, 2.75) is 12.8 Å². The van der Waals surface area contributed by atoms with Crippen molar-refractivity contribution < 1.29 is 13.9 Å². The van der Waals surface area contributed by atoms with E-state index in [2.05, 4.69) is 9.72 Å². The van der Waals surface area contributed by atoms with Crippen LogP contribution >= 0.6 is 22.9 Å². The first-order chi connectivity index (χ1) is 9.10. The standard InChI is InChI=1S/C13H11ClFNO2S/c1-18-12(17)6-9-7-19-11(16-9)5-8-3-2-4-10(14)13(8)15/h2-4,7H,5-6H2,1H3. The molecule has 100 valence electrons. The van der Waals surface area contributed by atoms with E-state index in [0.717, 1.165) is 5.01 Å². The lowest BCUT2D eigenvalue weighted by molar-refractivity contribution is -0.139. The molecular formula is C13H11ClFNO2S. The summed E-state index contributed by atoms with van der Waals surface area (Å²) in [6.45, 7) is 0. The van der Waals surface area contributed by atoms with Gasteiger partial charge in [0.2, 0.25) is 0 Å². The predicted molar refractivity (Wildman–Crippen MR) is 72.1 cm³/mol. The lowest BCUT2D eigenvalue weighted by Crippen LogP contribution is -2.04. The van der Waals surface area contributed by atoms with Crippen LogP contribution in [-0.4, -0.2) is 18.1 Å². The number of esters is 1. The summed E-state index contributed by atoms with van der Waals surface area (Å²) in [5, 5.41) is 2.61. The van der Waals surface area contributed by atoms with Crippen molar-refractivity contribution in [1.82, 2.24) is 4.98 Å². The van der Waals surface area contributed by atoms with E-state index in [1.54, 1.807) is 17.5 Å². The number of hydrogen-bond donors (Lipinski definition) is 0. The van der Waals surface area contributed by atoms with Crippen LogP contribution in [0.15, 0.2) is 23.6 Å². The first-order valence-corrected chi connectivity index (χ1v) is 6.79. The summed E-state index contributed by atoms with van der Waals surface area (Å²) in [7, 11) is 1.33. The molecule has 0 spiro atoms. The van der Waals surface area contributed by atoms with E-state index < -0.39 is 5.82 Å². The summed E-state index contributed by atoms with van der Waals surface area (Å²) in [5.41, 5.74) is 1.13. The van der Waals surface area contributed by atoms with Gasteiger partial charge < -0.3 is 4.74 Å². The molecule has 1 aromatic carbocycles. The SMILES string of the molecule is COC(=O)Cc1csc(Cc2cccc(Cl)c2F)n1. The van der Waals surface area contributed by atoms with Crippen LogP contribution in [0.2, 0.25) is 5.02 Å². The Kier molecular flexibility index (Phi) is 4.50. The third kappa shape index (κ3) is 3.52. The van der Waals surface area contributed by atoms with Gasteiger partial charge in [-0.25, -0.2) is 9.37 Å². The number of hydrogen-bond acceptors (Lipinski definition) is 4. The Morgan fingerprint density at radius 3 is 3.05 bits per heavy atom. The van der Waals surface area contributed by atoms with Crippen LogP contribution in [0.3, 0.4) is 0 Å². The highest BCUT2D eigenvalue weighted by Crippen LogP contribution is 2.22. The maximum Gasteiger partial charge on any atom is 0.311 e. The zero-order valence-corrected chi connectivity index (χ0v) is 11.7. The Bertz CT molecular complexity index is 600. The molecule has 0 saturated heterocycles. The number of aromatic nitrogens is 1. The number of methoxy groups -OCH3 is 1. The highest BCUT2D eigenvalue weighted by atomic mass is 35.5. The molecule has 0 radical (unpaired) electrons. The van der Waals surface area contributed by atoms with E-state index >= 15 is 0 Å². The second-order valence-electron chi connectivity index (χ2n) is 3.88. The number of carbonyl (C=O) groups is 1. The van der Waals surface area contributed by atoms with Gasteiger partial charge >= 0.3 is 5.97 Å². The number of halogens is 2. The van der Waals surface area contributed by atoms with Gasteiger partial charge in [-0.1, -0.05) is 23.7 Å². The first-order valence-electron chi connectivity index (χ1n) is 5.53. The quantitative estimate of drug-likeness (QED) is 0.814. The van der Waals surface area contributed by atoms with E-state index in [1.807, 2.05) is 0 Å². The molecular weight excluding hydrogens is 289 g/mol. The minimum atomic E-state index is -0.422. The van der Waals surface area contributed by atoms with Gasteiger partial charge in [0.1, 0.15) is 5.82 Å². The van der Waals surface area contributed by atoms with Gasteiger partial charge in [-0.15, -0.1) is 11.3 Å². The molecule has 2 aromatic rings. The van der Waals surface area contributed by atoms with Gasteiger partial charge in [-0.2, -0.15) is 0 Å². The Labute approximate surface area is 119 Å². The van der Waals surface area contributed by atoms with Crippen molar-refractivity contribution >= 4 is 28.9 Å². The smallest absolute Gasteiger partial charge is 0.311 e. The van der Waals surface area contributed by atoms with Crippen molar-refractivity contribution in [2.75, 3.05) is 7.11 Å². The van der Waals surface area contributed by atoms with Crippen molar-refractivity contribution in [2.24, 2.45) is 0 Å². The highest BCUT2D eigenvalue weighted by Gasteiger charge is 2.11. The predicted octanol–water partition coefficient (Wildman–Crippen LogP) is 3.24. The molecule has 0 unspecified atom stereocenters. The minimum absolute atomic E-state index is 0.101. The summed E-state index contributed by atoms with van der Waals surface area (Å²) in [6, 6.07) is 4.87. The fourth-order valence-electron chi connectivity index (χ4n) is 1.58. The number of nitrogens with zero attached hydrogens (tertiary/aromatic N) is 1. The van der Waals surface area contributed by atoms with Crippen LogP contribution in [0.1, 0.15) is 16.3 Å². The van der Waals surface area contributed by atoms with Crippen LogP contribution in [0.4, 0.5) is 4.39 Å². The van der Waals surface area contributed by atoms with Crippen LogP contribution < -0.4 is 0 Å². The zero-order valence-electron chi connectivity index (χ0n) is 10.2. The molecule has 0 amide bonds. The third-order valence-corrected chi connectivity index (χ3v) is 3.72. The second-order valence-corrected chi connectivity index (χ2v) is 5.23. The maximum atomic E-state index is 13.7. The summed E-state index contributed by atoms with van der Waals surface area (Å²) in [4.78, 5) is 15.4. The van der Waals surface area contributed by atoms with Gasteiger partial charge in [-0.05, 0) is 11.6 Å². The highest BCUT2D eigenvalue weighted by molar-refractivity contribution is 7.09. The van der Waals surface area contributed by atoms with Gasteiger partial charge in [0.15, 0.2) is 0 Å². The molecule has 6 heteroatoms. The van der Waals surface area contributed by atoms with Crippen molar-refractivity contribution in [3.8, 4) is 0 Å². The molecule has 1 heterocycles. The fourth-order valence-corrected chi connectivity index (χ4v) is 2.59. The Balaban J connectivity index is 2.11. The van der Waals surface area contributed by atoms with Gasteiger partial charge in [0, 0.05) is 11.8 Å². The molecule has 19 heavy (non-hydrogen) atoms. The first kappa shape index (κ1) is 14.0. The zero-order chi connectivity index (χ0) is 13.8. The number of rotatable bonds is 4. The van der Waals surface area contributed by atoms with E-state index in [4.69, 9.17) is 11.6 Å². The second kappa shape index (κ2) is 6.12. The summed E-state index contributed by atoms with van der Waals surface area (Å²) in [6.07, 6.45) is 0.489. The van der Waals surface area contributed by atoms with Gasteiger partial charge in [0.25, 0.3) is 0 Å². The maximum absolute atomic E-state index is 13.7. The van der Waals surface area contributed by atoms with Crippen LogP contribution in [-0.2, 0) is 22.4 Å². The average molecular weight is 300 g/mol. The Morgan fingerprint density at radius 2 is 2.32 bits per heavy atom. The monoisotopic (exact) mass is 299 g/mol. The summed E-state index contributed by atoms with van der Waals surface area (Å²) >= 11 is 7.10.